The first-order valence-corrected chi connectivity index (χ1v) is 5.31. The van der Waals surface area contributed by atoms with Crippen molar-refractivity contribution in [3.8, 4) is 0 Å². The third-order valence-electron chi connectivity index (χ3n) is 1.95. The van der Waals surface area contributed by atoms with Crippen molar-refractivity contribution in [2.24, 2.45) is 9.98 Å². The summed E-state index contributed by atoms with van der Waals surface area (Å²) >= 11 is 0. The Labute approximate surface area is 101 Å². The molecule has 0 aliphatic carbocycles. The second-order valence-corrected chi connectivity index (χ2v) is 4.16. The molecule has 0 saturated carbocycles. The minimum absolute atomic E-state index is 0.469. The van der Waals surface area contributed by atoms with Gasteiger partial charge in [0.2, 0.25) is 0 Å². The molecule has 5 heteroatoms. The van der Waals surface area contributed by atoms with E-state index in [4.69, 9.17) is 10.9 Å². The van der Waals surface area contributed by atoms with Crippen molar-refractivity contribution in [2.75, 3.05) is 11.2 Å². The summed E-state index contributed by atoms with van der Waals surface area (Å²) in [6, 6.07) is 3.36. The SMILES string of the molecule is CC(C)=Nc1cc(N=C(C)C)c(NO)cc1N. The zero-order valence-electron chi connectivity index (χ0n) is 10.6. The standard InChI is InChI=1S/C12H18N4O/c1-7(2)14-10-6-11(15-8(3)4)12(16-17)5-9(10)13/h5-6,16-17H,13H2,1-4H3. The smallest absolute Gasteiger partial charge is 0.0906 e. The van der Waals surface area contributed by atoms with E-state index in [2.05, 4.69) is 15.5 Å². The van der Waals surface area contributed by atoms with Gasteiger partial charge in [0.15, 0.2) is 0 Å². The van der Waals surface area contributed by atoms with Gasteiger partial charge in [0.1, 0.15) is 0 Å². The van der Waals surface area contributed by atoms with Crippen molar-refractivity contribution in [3.05, 3.63) is 12.1 Å². The Bertz CT molecular complexity index is 470. The van der Waals surface area contributed by atoms with E-state index < -0.39 is 0 Å². The van der Waals surface area contributed by atoms with Crippen LogP contribution in [0.2, 0.25) is 0 Å². The molecule has 0 aromatic heterocycles. The molecule has 0 unspecified atom stereocenters. The van der Waals surface area contributed by atoms with Crippen LogP contribution in [0, 0.1) is 0 Å². The summed E-state index contributed by atoms with van der Waals surface area (Å²) in [5.74, 6) is 0. The zero-order valence-corrected chi connectivity index (χ0v) is 10.6. The molecular weight excluding hydrogens is 216 g/mol. The average molecular weight is 234 g/mol. The fourth-order valence-corrected chi connectivity index (χ4v) is 1.35. The Morgan fingerprint density at radius 3 is 2.06 bits per heavy atom. The summed E-state index contributed by atoms with van der Waals surface area (Å²) in [7, 11) is 0. The highest BCUT2D eigenvalue weighted by molar-refractivity contribution is 5.89. The highest BCUT2D eigenvalue weighted by Crippen LogP contribution is 2.35. The Morgan fingerprint density at radius 2 is 1.59 bits per heavy atom. The maximum atomic E-state index is 9.02. The maximum absolute atomic E-state index is 9.02. The van der Waals surface area contributed by atoms with Crippen LogP contribution in [0.3, 0.4) is 0 Å². The number of nitrogens with zero attached hydrogens (tertiary/aromatic N) is 2. The number of benzene rings is 1. The van der Waals surface area contributed by atoms with Crippen LogP contribution < -0.4 is 11.2 Å². The van der Waals surface area contributed by atoms with Gasteiger partial charge in [-0.05, 0) is 39.8 Å². The lowest BCUT2D eigenvalue weighted by atomic mass is 10.2. The van der Waals surface area contributed by atoms with Crippen molar-refractivity contribution < 1.29 is 5.21 Å². The molecule has 92 valence electrons. The Morgan fingerprint density at radius 1 is 1.06 bits per heavy atom. The van der Waals surface area contributed by atoms with Crippen LogP contribution in [0.15, 0.2) is 22.1 Å². The first-order chi connectivity index (χ1) is 7.93. The molecule has 0 radical (unpaired) electrons. The Balaban J connectivity index is 3.37. The van der Waals surface area contributed by atoms with E-state index >= 15 is 0 Å². The monoisotopic (exact) mass is 234 g/mol. The van der Waals surface area contributed by atoms with Crippen LogP contribution in [0.4, 0.5) is 22.7 Å². The molecule has 1 rings (SSSR count). The normalized spacial score (nSPS) is 9.71. The van der Waals surface area contributed by atoms with E-state index in [-0.39, 0.29) is 0 Å². The molecule has 0 atom stereocenters. The minimum Gasteiger partial charge on any atom is -0.397 e. The van der Waals surface area contributed by atoms with Gasteiger partial charge in [-0.2, -0.15) is 0 Å². The average Bonchev–Trinajstić information content (AvgIpc) is 2.21. The number of nitrogen functional groups attached to an aromatic ring is 1. The number of anilines is 2. The molecular formula is C12H18N4O. The molecule has 0 heterocycles. The van der Waals surface area contributed by atoms with Crippen LogP contribution in [-0.4, -0.2) is 16.6 Å². The predicted molar refractivity (Wildman–Crippen MR) is 73.1 cm³/mol. The van der Waals surface area contributed by atoms with Gasteiger partial charge in [0.25, 0.3) is 0 Å². The third kappa shape index (κ3) is 3.57. The highest BCUT2D eigenvalue weighted by Gasteiger charge is 2.06. The second kappa shape index (κ2) is 5.45. The van der Waals surface area contributed by atoms with E-state index in [1.54, 1.807) is 12.1 Å². The van der Waals surface area contributed by atoms with Gasteiger partial charge in [0, 0.05) is 11.4 Å². The minimum atomic E-state index is 0.469. The zero-order chi connectivity index (χ0) is 13.0. The second-order valence-electron chi connectivity index (χ2n) is 4.16. The molecule has 0 saturated heterocycles. The van der Waals surface area contributed by atoms with Gasteiger partial charge < -0.3 is 5.73 Å². The molecule has 5 nitrogen and oxygen atoms in total. The molecule has 0 spiro atoms. The Hall–Kier alpha value is -1.88. The van der Waals surface area contributed by atoms with E-state index in [0.717, 1.165) is 11.4 Å². The lowest BCUT2D eigenvalue weighted by molar-refractivity contribution is 0.389. The van der Waals surface area contributed by atoms with Crippen LogP contribution in [0.1, 0.15) is 27.7 Å². The van der Waals surface area contributed by atoms with E-state index in [1.165, 1.54) is 0 Å². The van der Waals surface area contributed by atoms with Gasteiger partial charge in [-0.25, -0.2) is 0 Å². The number of hydrogen-bond donors (Lipinski definition) is 3. The number of aliphatic imine (C=N–C) groups is 2. The van der Waals surface area contributed by atoms with Crippen molar-refractivity contribution in [2.45, 2.75) is 27.7 Å². The molecule has 0 aliphatic rings. The highest BCUT2D eigenvalue weighted by atomic mass is 16.5. The lowest BCUT2D eigenvalue weighted by Crippen LogP contribution is -1.95. The molecule has 0 aliphatic heterocycles. The molecule has 0 bridgehead atoms. The van der Waals surface area contributed by atoms with Gasteiger partial charge in [-0.1, -0.05) is 0 Å². The molecule has 0 amide bonds. The maximum Gasteiger partial charge on any atom is 0.0906 e. The molecule has 1 aromatic rings. The molecule has 4 N–H and O–H groups in total. The van der Waals surface area contributed by atoms with Crippen LogP contribution in [0.25, 0.3) is 0 Å². The Kier molecular flexibility index (Phi) is 4.23. The lowest BCUT2D eigenvalue weighted by Gasteiger charge is -2.09. The van der Waals surface area contributed by atoms with Gasteiger partial charge in [-0.15, -0.1) is 0 Å². The predicted octanol–water partition coefficient (Wildman–Crippen LogP) is 3.29. The molecule has 1 aromatic carbocycles. The van der Waals surface area contributed by atoms with E-state index in [1.807, 2.05) is 27.7 Å². The van der Waals surface area contributed by atoms with Gasteiger partial charge in [0.05, 0.1) is 22.7 Å². The van der Waals surface area contributed by atoms with Crippen LogP contribution >= 0.6 is 0 Å². The van der Waals surface area contributed by atoms with Crippen LogP contribution in [0.5, 0.6) is 0 Å². The summed E-state index contributed by atoms with van der Waals surface area (Å²) < 4.78 is 0. The fraction of sp³-hybridized carbons (Fsp3) is 0.333. The molecule has 0 fully saturated rings. The first kappa shape index (κ1) is 13.2. The number of rotatable bonds is 3. The van der Waals surface area contributed by atoms with Gasteiger partial charge in [-0.3, -0.25) is 20.7 Å². The quantitative estimate of drug-likeness (QED) is 0.426. The summed E-state index contributed by atoms with van der Waals surface area (Å²) in [6.07, 6.45) is 0. The summed E-state index contributed by atoms with van der Waals surface area (Å²) in [5.41, 5.74) is 11.9. The summed E-state index contributed by atoms with van der Waals surface area (Å²) in [5, 5.41) is 9.02. The van der Waals surface area contributed by atoms with Crippen molar-refractivity contribution in [1.29, 1.82) is 0 Å². The fourth-order valence-electron chi connectivity index (χ4n) is 1.35. The van der Waals surface area contributed by atoms with Crippen LogP contribution in [-0.2, 0) is 0 Å². The topological polar surface area (TPSA) is 83.0 Å². The van der Waals surface area contributed by atoms with Crippen molar-refractivity contribution in [3.63, 3.8) is 0 Å². The summed E-state index contributed by atoms with van der Waals surface area (Å²) in [6.45, 7) is 7.55. The summed E-state index contributed by atoms with van der Waals surface area (Å²) in [4.78, 5) is 8.62. The van der Waals surface area contributed by atoms with Gasteiger partial charge >= 0.3 is 0 Å². The third-order valence-corrected chi connectivity index (χ3v) is 1.95. The largest absolute Gasteiger partial charge is 0.397 e. The first-order valence-electron chi connectivity index (χ1n) is 5.31. The van der Waals surface area contributed by atoms with Crippen molar-refractivity contribution in [1.82, 2.24) is 0 Å². The van der Waals surface area contributed by atoms with E-state index in [9.17, 15) is 0 Å². The van der Waals surface area contributed by atoms with E-state index in [0.29, 0.717) is 22.7 Å². The number of hydrogen-bond acceptors (Lipinski definition) is 5. The van der Waals surface area contributed by atoms with Crippen molar-refractivity contribution >= 4 is 34.2 Å². The molecule has 17 heavy (non-hydrogen) atoms. The number of nitrogens with two attached hydrogens (primary N) is 1. The number of nitrogens with one attached hydrogen (secondary N) is 1.